The molecule has 1 unspecified atom stereocenters. The average molecular weight is 324 g/mol. The SMILES string of the molecule is I/C=C/CCCCCOC1CCCCO1. The van der Waals surface area contributed by atoms with Crippen molar-refractivity contribution in [2.45, 2.75) is 51.2 Å². The number of rotatable bonds is 7. The summed E-state index contributed by atoms with van der Waals surface area (Å²) in [6, 6.07) is 0. The molecule has 0 aliphatic carbocycles. The van der Waals surface area contributed by atoms with Crippen molar-refractivity contribution in [1.82, 2.24) is 0 Å². The molecule has 0 aromatic carbocycles. The maximum atomic E-state index is 5.65. The lowest BCUT2D eigenvalue weighted by molar-refractivity contribution is -0.162. The van der Waals surface area contributed by atoms with Gasteiger partial charge in [0.2, 0.25) is 0 Å². The molecule has 0 amide bonds. The highest BCUT2D eigenvalue weighted by molar-refractivity contribution is 14.1. The van der Waals surface area contributed by atoms with Gasteiger partial charge in [0.1, 0.15) is 0 Å². The van der Waals surface area contributed by atoms with Crippen LogP contribution in [0, 0.1) is 0 Å². The van der Waals surface area contributed by atoms with E-state index in [1.807, 2.05) is 0 Å². The van der Waals surface area contributed by atoms with Crippen LogP contribution < -0.4 is 0 Å². The zero-order valence-electron chi connectivity index (χ0n) is 9.29. The third-order valence-corrected chi connectivity index (χ3v) is 3.05. The summed E-state index contributed by atoms with van der Waals surface area (Å²) in [6.45, 7) is 1.74. The first-order valence-corrected chi connectivity index (χ1v) is 7.16. The van der Waals surface area contributed by atoms with E-state index >= 15 is 0 Å². The Kier molecular flexibility index (Phi) is 8.62. The normalized spacial score (nSPS) is 22.3. The van der Waals surface area contributed by atoms with Gasteiger partial charge in [-0.15, -0.1) is 0 Å². The molecule has 0 N–H and O–H groups in total. The van der Waals surface area contributed by atoms with Crippen LogP contribution in [-0.2, 0) is 9.47 Å². The zero-order chi connectivity index (χ0) is 10.8. The van der Waals surface area contributed by atoms with Crippen LogP contribution >= 0.6 is 22.6 Å². The predicted octanol–water partition coefficient (Wildman–Crippen LogP) is 4.04. The number of allylic oxidation sites excluding steroid dienone is 1. The molecule has 1 rings (SSSR count). The molecule has 0 aromatic heterocycles. The summed E-state index contributed by atoms with van der Waals surface area (Å²) >= 11 is 2.26. The van der Waals surface area contributed by atoms with E-state index in [2.05, 4.69) is 32.7 Å². The lowest BCUT2D eigenvalue weighted by Crippen LogP contribution is -2.22. The summed E-state index contributed by atoms with van der Waals surface area (Å²) in [6.07, 6.45) is 10.7. The summed E-state index contributed by atoms with van der Waals surface area (Å²) in [5.41, 5.74) is 0. The Morgan fingerprint density at radius 3 is 2.93 bits per heavy atom. The standard InChI is InChI=1S/C12H21IO2/c13-9-5-2-1-3-6-10-14-12-8-4-7-11-15-12/h5,9,12H,1-4,6-8,10-11H2/b9-5+. The second kappa shape index (κ2) is 9.60. The highest BCUT2D eigenvalue weighted by Crippen LogP contribution is 2.14. The molecule has 3 heteroatoms. The van der Waals surface area contributed by atoms with E-state index in [4.69, 9.17) is 9.47 Å². The van der Waals surface area contributed by atoms with Crippen molar-refractivity contribution in [3.8, 4) is 0 Å². The number of ether oxygens (including phenoxy) is 2. The molecule has 1 atom stereocenters. The van der Waals surface area contributed by atoms with Gasteiger partial charge in [-0.3, -0.25) is 0 Å². The van der Waals surface area contributed by atoms with E-state index in [-0.39, 0.29) is 6.29 Å². The van der Waals surface area contributed by atoms with E-state index in [0.717, 1.165) is 26.1 Å². The molecule has 88 valence electrons. The Morgan fingerprint density at radius 1 is 1.27 bits per heavy atom. The monoisotopic (exact) mass is 324 g/mol. The van der Waals surface area contributed by atoms with Crippen molar-refractivity contribution >= 4 is 22.6 Å². The molecule has 0 saturated carbocycles. The second-order valence-corrected chi connectivity index (χ2v) is 4.60. The van der Waals surface area contributed by atoms with Gasteiger partial charge in [0.05, 0.1) is 0 Å². The number of hydrogen-bond acceptors (Lipinski definition) is 2. The summed E-state index contributed by atoms with van der Waals surface area (Å²) in [5.74, 6) is 0. The van der Waals surface area contributed by atoms with Crippen molar-refractivity contribution in [1.29, 1.82) is 0 Å². The molecule has 1 fully saturated rings. The first kappa shape index (κ1) is 13.5. The van der Waals surface area contributed by atoms with E-state index in [1.54, 1.807) is 0 Å². The first-order chi connectivity index (χ1) is 7.43. The predicted molar refractivity (Wildman–Crippen MR) is 71.2 cm³/mol. The van der Waals surface area contributed by atoms with Gasteiger partial charge in [0.25, 0.3) is 0 Å². The molecule has 0 radical (unpaired) electrons. The van der Waals surface area contributed by atoms with Crippen LogP contribution in [-0.4, -0.2) is 19.5 Å². The van der Waals surface area contributed by atoms with Crippen LogP contribution in [0.4, 0.5) is 0 Å². The van der Waals surface area contributed by atoms with Crippen LogP contribution in [0.15, 0.2) is 10.2 Å². The Morgan fingerprint density at radius 2 is 2.20 bits per heavy atom. The molecule has 0 bridgehead atoms. The van der Waals surface area contributed by atoms with Crippen molar-refractivity contribution in [3.05, 3.63) is 10.2 Å². The molecule has 15 heavy (non-hydrogen) atoms. The lowest BCUT2D eigenvalue weighted by atomic mass is 10.2. The minimum atomic E-state index is 0.0907. The molecular formula is C12H21IO2. The van der Waals surface area contributed by atoms with E-state index < -0.39 is 0 Å². The molecular weight excluding hydrogens is 303 g/mol. The van der Waals surface area contributed by atoms with Crippen LogP contribution in [0.2, 0.25) is 0 Å². The lowest BCUT2D eigenvalue weighted by Gasteiger charge is -2.22. The fourth-order valence-corrected chi connectivity index (χ4v) is 2.02. The smallest absolute Gasteiger partial charge is 0.157 e. The van der Waals surface area contributed by atoms with Gasteiger partial charge in [-0.1, -0.05) is 35.1 Å². The van der Waals surface area contributed by atoms with Gasteiger partial charge in [-0.2, -0.15) is 0 Å². The molecule has 1 heterocycles. The summed E-state index contributed by atoms with van der Waals surface area (Å²) in [7, 11) is 0. The maximum absolute atomic E-state index is 5.65. The van der Waals surface area contributed by atoms with Gasteiger partial charge in [0.15, 0.2) is 6.29 Å². The van der Waals surface area contributed by atoms with Crippen molar-refractivity contribution in [2.24, 2.45) is 0 Å². The largest absolute Gasteiger partial charge is 0.353 e. The molecule has 1 saturated heterocycles. The fraction of sp³-hybridized carbons (Fsp3) is 0.833. The Balaban J connectivity index is 1.83. The molecule has 0 aromatic rings. The van der Waals surface area contributed by atoms with Crippen molar-refractivity contribution in [2.75, 3.05) is 13.2 Å². The molecule has 2 nitrogen and oxygen atoms in total. The Bertz CT molecular complexity index is 165. The minimum absolute atomic E-state index is 0.0907. The molecule has 1 aliphatic rings. The highest BCUT2D eigenvalue weighted by Gasteiger charge is 2.12. The van der Waals surface area contributed by atoms with E-state index in [9.17, 15) is 0 Å². The zero-order valence-corrected chi connectivity index (χ0v) is 11.4. The topological polar surface area (TPSA) is 18.5 Å². The van der Waals surface area contributed by atoms with Gasteiger partial charge in [-0.05, 0) is 42.6 Å². The fourth-order valence-electron chi connectivity index (χ4n) is 1.66. The number of halogens is 1. The highest BCUT2D eigenvalue weighted by atomic mass is 127. The van der Waals surface area contributed by atoms with Gasteiger partial charge in [0, 0.05) is 13.2 Å². The summed E-state index contributed by atoms with van der Waals surface area (Å²) < 4.78 is 13.2. The van der Waals surface area contributed by atoms with Gasteiger partial charge in [-0.25, -0.2) is 0 Å². The number of hydrogen-bond donors (Lipinski definition) is 0. The Hall–Kier alpha value is 0.390. The van der Waals surface area contributed by atoms with E-state index in [1.165, 1.54) is 32.1 Å². The quantitative estimate of drug-likeness (QED) is 0.520. The summed E-state index contributed by atoms with van der Waals surface area (Å²) in [4.78, 5) is 0. The average Bonchev–Trinajstić information content (AvgIpc) is 2.29. The van der Waals surface area contributed by atoms with E-state index in [0.29, 0.717) is 0 Å². The summed E-state index contributed by atoms with van der Waals surface area (Å²) in [5, 5.41) is 0. The second-order valence-electron chi connectivity index (χ2n) is 3.88. The third kappa shape index (κ3) is 7.30. The van der Waals surface area contributed by atoms with Crippen LogP contribution in [0.5, 0.6) is 0 Å². The van der Waals surface area contributed by atoms with Crippen LogP contribution in [0.25, 0.3) is 0 Å². The maximum Gasteiger partial charge on any atom is 0.157 e. The van der Waals surface area contributed by atoms with Crippen molar-refractivity contribution < 1.29 is 9.47 Å². The number of unbranched alkanes of at least 4 members (excludes halogenated alkanes) is 3. The van der Waals surface area contributed by atoms with Gasteiger partial charge < -0.3 is 9.47 Å². The minimum Gasteiger partial charge on any atom is -0.353 e. The molecule has 1 aliphatic heterocycles. The van der Waals surface area contributed by atoms with Crippen LogP contribution in [0.1, 0.15) is 44.9 Å². The third-order valence-electron chi connectivity index (χ3n) is 2.55. The van der Waals surface area contributed by atoms with Gasteiger partial charge >= 0.3 is 0 Å². The van der Waals surface area contributed by atoms with Crippen molar-refractivity contribution in [3.63, 3.8) is 0 Å². The molecule has 0 spiro atoms. The van der Waals surface area contributed by atoms with Crippen LogP contribution in [0.3, 0.4) is 0 Å². The first-order valence-electron chi connectivity index (χ1n) is 5.92. The Labute approximate surface area is 107 Å².